The summed E-state index contributed by atoms with van der Waals surface area (Å²) in [5, 5.41) is 20.9. The molecule has 2 N–H and O–H groups in total. The number of benzene rings is 1. The molecule has 0 unspecified atom stereocenters. The standard InChI is InChI=1S/C17H11N3O3S/c1-9-7-11(10-5-3-2-4-6-10)19-16-13(9)14(12(8-18)24-16)20-15(21)17(22)23/h2-7H,1H3,(H,20,21)(H,22,23). The third-order valence-corrected chi connectivity index (χ3v) is 4.45. The van der Waals surface area contributed by atoms with Crippen LogP contribution in [0.1, 0.15) is 10.4 Å². The summed E-state index contributed by atoms with van der Waals surface area (Å²) in [5.41, 5.74) is 2.69. The Balaban J connectivity index is 2.19. The minimum absolute atomic E-state index is 0.203. The molecule has 2 aromatic heterocycles. The molecule has 0 spiro atoms. The van der Waals surface area contributed by atoms with Gasteiger partial charge in [0.2, 0.25) is 0 Å². The van der Waals surface area contributed by atoms with Crippen molar-refractivity contribution in [2.24, 2.45) is 0 Å². The first-order valence-corrected chi connectivity index (χ1v) is 7.77. The lowest BCUT2D eigenvalue weighted by atomic mass is 10.1. The number of aromatic nitrogens is 1. The van der Waals surface area contributed by atoms with Gasteiger partial charge >= 0.3 is 11.9 Å². The quantitative estimate of drug-likeness (QED) is 0.699. The number of carbonyl (C=O) groups is 2. The molecule has 6 nitrogen and oxygen atoms in total. The number of carboxylic acids is 1. The first-order chi connectivity index (χ1) is 11.5. The minimum atomic E-state index is -1.61. The number of carboxylic acid groups (broad SMARTS) is 1. The van der Waals surface area contributed by atoms with Crippen LogP contribution in [0.3, 0.4) is 0 Å². The molecule has 0 radical (unpaired) electrons. The van der Waals surface area contributed by atoms with Crippen molar-refractivity contribution in [1.82, 2.24) is 4.98 Å². The molecule has 7 heteroatoms. The number of hydrogen-bond donors (Lipinski definition) is 2. The molecule has 3 rings (SSSR count). The van der Waals surface area contributed by atoms with Crippen LogP contribution >= 0.6 is 11.3 Å². The van der Waals surface area contributed by atoms with Crippen LogP contribution in [0.25, 0.3) is 21.5 Å². The highest BCUT2D eigenvalue weighted by atomic mass is 32.1. The molecule has 0 atom stereocenters. The Kier molecular flexibility index (Phi) is 3.98. The predicted molar refractivity (Wildman–Crippen MR) is 90.8 cm³/mol. The van der Waals surface area contributed by atoms with Crippen molar-refractivity contribution in [3.63, 3.8) is 0 Å². The third-order valence-electron chi connectivity index (χ3n) is 3.46. The Morgan fingerprint density at radius 2 is 2.00 bits per heavy atom. The van der Waals surface area contributed by atoms with E-state index in [0.717, 1.165) is 28.2 Å². The summed E-state index contributed by atoms with van der Waals surface area (Å²) in [7, 11) is 0. The molecule has 0 aliphatic heterocycles. The highest BCUT2D eigenvalue weighted by Gasteiger charge is 2.21. The smallest absolute Gasteiger partial charge is 0.394 e. The number of aliphatic carboxylic acids is 1. The number of nitrogens with one attached hydrogen (secondary N) is 1. The van der Waals surface area contributed by atoms with Gasteiger partial charge < -0.3 is 10.4 Å². The van der Waals surface area contributed by atoms with Crippen LogP contribution in [0, 0.1) is 18.3 Å². The lowest BCUT2D eigenvalue weighted by molar-refractivity contribution is -0.147. The van der Waals surface area contributed by atoms with Gasteiger partial charge in [0.05, 0.1) is 11.4 Å². The van der Waals surface area contributed by atoms with E-state index in [2.05, 4.69) is 10.3 Å². The number of amides is 1. The van der Waals surface area contributed by atoms with E-state index in [1.807, 2.05) is 49.4 Å². The number of fused-ring (bicyclic) bond motifs is 1. The van der Waals surface area contributed by atoms with Gasteiger partial charge in [0.25, 0.3) is 0 Å². The van der Waals surface area contributed by atoms with Crippen LogP contribution in [-0.4, -0.2) is 22.0 Å². The van der Waals surface area contributed by atoms with Crippen LogP contribution in [0.5, 0.6) is 0 Å². The van der Waals surface area contributed by atoms with E-state index < -0.39 is 11.9 Å². The van der Waals surface area contributed by atoms with Crippen LogP contribution in [0.4, 0.5) is 5.69 Å². The molecule has 0 bridgehead atoms. The second-order valence-electron chi connectivity index (χ2n) is 5.05. The van der Waals surface area contributed by atoms with Crippen molar-refractivity contribution in [2.45, 2.75) is 6.92 Å². The molecule has 3 aromatic rings. The monoisotopic (exact) mass is 337 g/mol. The van der Waals surface area contributed by atoms with Gasteiger partial charge in [-0.2, -0.15) is 5.26 Å². The molecular weight excluding hydrogens is 326 g/mol. The molecular formula is C17H11N3O3S. The number of pyridine rings is 1. The molecule has 0 fully saturated rings. The van der Waals surface area contributed by atoms with E-state index in [0.29, 0.717) is 10.2 Å². The first-order valence-electron chi connectivity index (χ1n) is 6.95. The minimum Gasteiger partial charge on any atom is -0.474 e. The summed E-state index contributed by atoms with van der Waals surface area (Å²) in [4.78, 5) is 27.6. The van der Waals surface area contributed by atoms with Gasteiger partial charge in [-0.05, 0) is 18.6 Å². The molecule has 0 saturated carbocycles. The molecule has 1 aromatic carbocycles. The second-order valence-corrected chi connectivity index (χ2v) is 6.05. The van der Waals surface area contributed by atoms with Crippen LogP contribution in [-0.2, 0) is 9.59 Å². The summed E-state index contributed by atoms with van der Waals surface area (Å²) in [5.74, 6) is -2.79. The number of carbonyl (C=O) groups excluding carboxylic acids is 1. The Hall–Kier alpha value is -3.24. The molecule has 0 aliphatic rings. The predicted octanol–water partition coefficient (Wildman–Crippen LogP) is 3.17. The van der Waals surface area contributed by atoms with Gasteiger partial charge in [0, 0.05) is 10.9 Å². The zero-order valence-electron chi connectivity index (χ0n) is 12.5. The number of rotatable bonds is 2. The Morgan fingerprint density at radius 3 is 2.62 bits per heavy atom. The highest BCUT2D eigenvalue weighted by molar-refractivity contribution is 7.20. The molecule has 1 amide bonds. The van der Waals surface area contributed by atoms with E-state index in [1.165, 1.54) is 0 Å². The number of nitriles is 1. The summed E-state index contributed by atoms with van der Waals surface area (Å²) in [6, 6.07) is 13.4. The van der Waals surface area contributed by atoms with E-state index in [-0.39, 0.29) is 10.6 Å². The van der Waals surface area contributed by atoms with Crippen LogP contribution in [0.15, 0.2) is 36.4 Å². The number of anilines is 1. The maximum Gasteiger partial charge on any atom is 0.394 e. The molecule has 2 heterocycles. The van der Waals surface area contributed by atoms with Crippen molar-refractivity contribution < 1.29 is 14.7 Å². The maximum atomic E-state index is 11.5. The second kappa shape index (κ2) is 6.10. The summed E-state index contributed by atoms with van der Waals surface area (Å²) in [6.45, 7) is 1.83. The van der Waals surface area contributed by atoms with Crippen molar-refractivity contribution in [1.29, 1.82) is 5.26 Å². The average Bonchev–Trinajstić information content (AvgIpc) is 2.93. The van der Waals surface area contributed by atoms with E-state index >= 15 is 0 Å². The lowest BCUT2D eigenvalue weighted by Crippen LogP contribution is -2.22. The van der Waals surface area contributed by atoms with Crippen molar-refractivity contribution >= 4 is 39.1 Å². The SMILES string of the molecule is Cc1cc(-c2ccccc2)nc2sc(C#N)c(NC(=O)C(=O)O)c12. The number of hydrogen-bond acceptors (Lipinski definition) is 5. The van der Waals surface area contributed by atoms with E-state index in [9.17, 15) is 14.9 Å². The lowest BCUT2D eigenvalue weighted by Gasteiger charge is -2.06. The average molecular weight is 337 g/mol. The van der Waals surface area contributed by atoms with Gasteiger partial charge in [-0.1, -0.05) is 30.3 Å². The zero-order chi connectivity index (χ0) is 17.3. The zero-order valence-corrected chi connectivity index (χ0v) is 13.3. The van der Waals surface area contributed by atoms with Gasteiger partial charge in [-0.25, -0.2) is 9.78 Å². The van der Waals surface area contributed by atoms with Crippen LogP contribution in [0.2, 0.25) is 0 Å². The van der Waals surface area contributed by atoms with Crippen molar-refractivity contribution in [2.75, 3.05) is 5.32 Å². The molecule has 24 heavy (non-hydrogen) atoms. The van der Waals surface area contributed by atoms with Crippen molar-refractivity contribution in [3.05, 3.63) is 46.8 Å². The van der Waals surface area contributed by atoms with Gasteiger partial charge in [-0.15, -0.1) is 11.3 Å². The summed E-state index contributed by atoms with van der Waals surface area (Å²) in [6.07, 6.45) is 0. The van der Waals surface area contributed by atoms with Gasteiger partial charge in [0.1, 0.15) is 15.8 Å². The molecule has 0 aliphatic carbocycles. The van der Waals surface area contributed by atoms with Crippen LogP contribution < -0.4 is 5.32 Å². The fraction of sp³-hybridized carbons (Fsp3) is 0.0588. The highest BCUT2D eigenvalue weighted by Crippen LogP contribution is 2.38. The normalized spacial score (nSPS) is 10.3. The first kappa shape index (κ1) is 15.6. The Labute approximate surface area is 141 Å². The maximum absolute atomic E-state index is 11.5. The molecule has 0 saturated heterocycles. The number of thiophene rings is 1. The Bertz CT molecular complexity index is 1000. The third kappa shape index (κ3) is 2.71. The molecule has 118 valence electrons. The van der Waals surface area contributed by atoms with Gasteiger partial charge in [0.15, 0.2) is 0 Å². The Morgan fingerprint density at radius 1 is 1.29 bits per heavy atom. The fourth-order valence-corrected chi connectivity index (χ4v) is 3.41. The van der Waals surface area contributed by atoms with E-state index in [4.69, 9.17) is 5.11 Å². The van der Waals surface area contributed by atoms with Gasteiger partial charge in [-0.3, -0.25) is 4.79 Å². The fourth-order valence-electron chi connectivity index (χ4n) is 2.40. The van der Waals surface area contributed by atoms with Crippen molar-refractivity contribution in [3.8, 4) is 17.3 Å². The number of aryl methyl sites for hydroxylation is 1. The summed E-state index contributed by atoms with van der Waals surface area (Å²) >= 11 is 1.12. The van der Waals surface area contributed by atoms with E-state index in [1.54, 1.807) is 0 Å². The number of nitrogens with zero attached hydrogens (tertiary/aromatic N) is 2. The topological polar surface area (TPSA) is 103 Å². The largest absolute Gasteiger partial charge is 0.474 e. The summed E-state index contributed by atoms with van der Waals surface area (Å²) < 4.78 is 0.